The molecule has 2 nitrogen and oxygen atoms in total. The zero-order valence-electron chi connectivity index (χ0n) is 9.63. The zero-order valence-corrected chi connectivity index (χ0v) is 12.0. The highest BCUT2D eigenvalue weighted by Crippen LogP contribution is 2.20. The number of carbonyl (C=O) groups is 1. The molecule has 0 saturated heterocycles. The molecule has 0 heterocycles. The summed E-state index contributed by atoms with van der Waals surface area (Å²) in [6, 6.07) is 5.62. The van der Waals surface area contributed by atoms with Crippen LogP contribution >= 0.6 is 27.5 Å². The van der Waals surface area contributed by atoms with Crippen LogP contribution in [0.15, 0.2) is 22.7 Å². The Balaban J connectivity index is 2.92. The molecule has 1 unspecified atom stereocenters. The van der Waals surface area contributed by atoms with Crippen LogP contribution in [0.25, 0.3) is 0 Å². The first kappa shape index (κ1) is 13.5. The summed E-state index contributed by atoms with van der Waals surface area (Å²) in [4.78, 5) is 13.7. The van der Waals surface area contributed by atoms with E-state index in [9.17, 15) is 4.79 Å². The minimum atomic E-state index is -0.0404. The third-order valence-electron chi connectivity index (χ3n) is 2.37. The molecule has 0 saturated carbocycles. The lowest BCUT2D eigenvalue weighted by molar-refractivity contribution is 0.0795. The Kier molecular flexibility index (Phi) is 4.81. The number of benzene rings is 1. The molecule has 1 aromatic rings. The molecule has 0 spiro atoms. The molecule has 1 amide bonds. The maximum absolute atomic E-state index is 12.1. The van der Waals surface area contributed by atoms with E-state index in [1.165, 1.54) is 0 Å². The van der Waals surface area contributed by atoms with Crippen molar-refractivity contribution in [1.29, 1.82) is 0 Å². The minimum absolute atomic E-state index is 0.00583. The summed E-state index contributed by atoms with van der Waals surface area (Å²) in [5.74, 6) is 0.00583. The number of carbonyl (C=O) groups excluding carboxylic acids is 1. The highest BCUT2D eigenvalue weighted by atomic mass is 79.9. The second-order valence-corrected chi connectivity index (χ2v) is 5.48. The average Bonchev–Trinajstić information content (AvgIpc) is 2.20. The van der Waals surface area contributed by atoms with Crippen LogP contribution in [-0.2, 0) is 0 Å². The van der Waals surface area contributed by atoms with Crippen LogP contribution in [0.2, 0.25) is 0 Å². The molecule has 0 aliphatic rings. The first-order chi connectivity index (χ1) is 7.43. The Labute approximate surface area is 110 Å². The minimum Gasteiger partial charge on any atom is -0.340 e. The fourth-order valence-corrected chi connectivity index (χ4v) is 2.08. The SMILES string of the molecule is Cc1c(Br)cccc1C(=O)N(C)CC(C)Cl. The van der Waals surface area contributed by atoms with Gasteiger partial charge < -0.3 is 4.90 Å². The van der Waals surface area contributed by atoms with Crippen molar-refractivity contribution in [2.24, 2.45) is 0 Å². The molecular formula is C12H15BrClNO. The predicted octanol–water partition coefficient (Wildman–Crippen LogP) is 3.46. The van der Waals surface area contributed by atoms with E-state index in [0.717, 1.165) is 10.0 Å². The van der Waals surface area contributed by atoms with Gasteiger partial charge in [-0.3, -0.25) is 4.79 Å². The van der Waals surface area contributed by atoms with Crippen molar-refractivity contribution in [3.05, 3.63) is 33.8 Å². The van der Waals surface area contributed by atoms with E-state index in [-0.39, 0.29) is 11.3 Å². The van der Waals surface area contributed by atoms with E-state index in [1.807, 2.05) is 32.0 Å². The van der Waals surface area contributed by atoms with Crippen LogP contribution in [0.4, 0.5) is 0 Å². The van der Waals surface area contributed by atoms with Gasteiger partial charge in [0.05, 0.1) is 0 Å². The number of alkyl halides is 1. The summed E-state index contributed by atoms with van der Waals surface area (Å²) in [6.45, 7) is 4.35. The maximum Gasteiger partial charge on any atom is 0.253 e. The third-order valence-corrected chi connectivity index (χ3v) is 3.37. The number of amides is 1. The van der Waals surface area contributed by atoms with Crippen molar-refractivity contribution < 1.29 is 4.79 Å². The Morgan fingerprint density at radius 3 is 2.75 bits per heavy atom. The lowest BCUT2D eigenvalue weighted by Gasteiger charge is -2.19. The van der Waals surface area contributed by atoms with Gasteiger partial charge in [0.1, 0.15) is 0 Å². The molecular weight excluding hydrogens is 289 g/mol. The van der Waals surface area contributed by atoms with E-state index in [0.29, 0.717) is 12.1 Å². The van der Waals surface area contributed by atoms with Gasteiger partial charge in [0.15, 0.2) is 0 Å². The molecule has 1 atom stereocenters. The van der Waals surface area contributed by atoms with Crippen molar-refractivity contribution >= 4 is 33.4 Å². The fourth-order valence-electron chi connectivity index (χ4n) is 1.51. The van der Waals surface area contributed by atoms with Crippen LogP contribution in [0, 0.1) is 6.92 Å². The normalized spacial score (nSPS) is 12.3. The highest BCUT2D eigenvalue weighted by molar-refractivity contribution is 9.10. The number of nitrogens with zero attached hydrogens (tertiary/aromatic N) is 1. The molecule has 0 aliphatic heterocycles. The van der Waals surface area contributed by atoms with E-state index >= 15 is 0 Å². The van der Waals surface area contributed by atoms with Gasteiger partial charge in [-0.25, -0.2) is 0 Å². The van der Waals surface area contributed by atoms with Crippen LogP contribution < -0.4 is 0 Å². The van der Waals surface area contributed by atoms with Gasteiger partial charge in [-0.15, -0.1) is 11.6 Å². The molecule has 0 aliphatic carbocycles. The number of rotatable bonds is 3. The molecule has 16 heavy (non-hydrogen) atoms. The van der Waals surface area contributed by atoms with Crippen molar-refractivity contribution in [2.75, 3.05) is 13.6 Å². The topological polar surface area (TPSA) is 20.3 Å². The number of hydrogen-bond donors (Lipinski definition) is 0. The maximum atomic E-state index is 12.1. The summed E-state index contributed by atoms with van der Waals surface area (Å²) in [7, 11) is 1.77. The largest absolute Gasteiger partial charge is 0.340 e. The van der Waals surface area contributed by atoms with Crippen molar-refractivity contribution in [3.63, 3.8) is 0 Å². The van der Waals surface area contributed by atoms with E-state index < -0.39 is 0 Å². The monoisotopic (exact) mass is 303 g/mol. The van der Waals surface area contributed by atoms with Gasteiger partial charge in [0.2, 0.25) is 0 Å². The zero-order chi connectivity index (χ0) is 12.3. The van der Waals surface area contributed by atoms with Crippen molar-refractivity contribution in [1.82, 2.24) is 4.90 Å². The summed E-state index contributed by atoms with van der Waals surface area (Å²) < 4.78 is 0.950. The number of halogens is 2. The second kappa shape index (κ2) is 5.69. The Hall–Kier alpha value is -0.540. The standard InChI is InChI=1S/C12H15BrClNO/c1-8(14)7-15(3)12(16)10-5-4-6-11(13)9(10)2/h4-6,8H,7H2,1-3H3. The molecule has 0 fully saturated rings. The molecule has 0 bridgehead atoms. The Bertz CT molecular complexity index is 393. The van der Waals surface area contributed by atoms with Gasteiger partial charge in [0, 0.05) is 29.0 Å². The van der Waals surface area contributed by atoms with E-state index in [4.69, 9.17) is 11.6 Å². The summed E-state index contributed by atoms with van der Waals surface area (Å²) in [5, 5.41) is -0.0404. The van der Waals surface area contributed by atoms with Crippen molar-refractivity contribution in [2.45, 2.75) is 19.2 Å². The van der Waals surface area contributed by atoms with Gasteiger partial charge in [-0.1, -0.05) is 22.0 Å². The molecule has 88 valence electrons. The van der Waals surface area contributed by atoms with Crippen LogP contribution in [-0.4, -0.2) is 29.8 Å². The quantitative estimate of drug-likeness (QED) is 0.783. The molecule has 0 N–H and O–H groups in total. The summed E-state index contributed by atoms with van der Waals surface area (Å²) >= 11 is 9.29. The summed E-state index contributed by atoms with van der Waals surface area (Å²) in [6.07, 6.45) is 0. The van der Waals surface area contributed by atoms with Gasteiger partial charge in [0.25, 0.3) is 5.91 Å². The predicted molar refractivity (Wildman–Crippen MR) is 71.2 cm³/mol. The fraction of sp³-hybridized carbons (Fsp3) is 0.417. The lowest BCUT2D eigenvalue weighted by atomic mass is 10.1. The average molecular weight is 305 g/mol. The molecule has 1 aromatic carbocycles. The Morgan fingerprint density at radius 1 is 1.56 bits per heavy atom. The summed E-state index contributed by atoms with van der Waals surface area (Å²) in [5.41, 5.74) is 1.68. The van der Waals surface area contributed by atoms with Gasteiger partial charge in [-0.2, -0.15) is 0 Å². The number of hydrogen-bond acceptors (Lipinski definition) is 1. The first-order valence-corrected chi connectivity index (χ1v) is 6.31. The molecule has 0 aromatic heterocycles. The highest BCUT2D eigenvalue weighted by Gasteiger charge is 2.16. The van der Waals surface area contributed by atoms with Crippen LogP contribution in [0.1, 0.15) is 22.8 Å². The van der Waals surface area contributed by atoms with E-state index in [1.54, 1.807) is 11.9 Å². The first-order valence-electron chi connectivity index (χ1n) is 5.08. The van der Waals surface area contributed by atoms with Crippen molar-refractivity contribution in [3.8, 4) is 0 Å². The molecule has 1 rings (SSSR count). The van der Waals surface area contributed by atoms with Gasteiger partial charge in [-0.05, 0) is 31.5 Å². The van der Waals surface area contributed by atoms with Crippen LogP contribution in [0.5, 0.6) is 0 Å². The van der Waals surface area contributed by atoms with Gasteiger partial charge >= 0.3 is 0 Å². The van der Waals surface area contributed by atoms with Crippen LogP contribution in [0.3, 0.4) is 0 Å². The third kappa shape index (κ3) is 3.22. The van der Waals surface area contributed by atoms with E-state index in [2.05, 4.69) is 15.9 Å². The lowest BCUT2D eigenvalue weighted by Crippen LogP contribution is -2.31. The Morgan fingerprint density at radius 2 is 2.19 bits per heavy atom. The molecule has 4 heteroatoms. The molecule has 0 radical (unpaired) electrons. The second-order valence-electron chi connectivity index (χ2n) is 3.88. The smallest absolute Gasteiger partial charge is 0.253 e.